The number of benzene rings is 2. The topological polar surface area (TPSA) is 112 Å². The van der Waals surface area contributed by atoms with E-state index >= 15 is 0 Å². The third-order valence-electron chi connectivity index (χ3n) is 3.63. The highest BCUT2D eigenvalue weighted by Crippen LogP contribution is 2.27. The van der Waals surface area contributed by atoms with Crippen LogP contribution in [0.4, 0.5) is 15.8 Å². The highest BCUT2D eigenvalue weighted by Gasteiger charge is 2.16. The van der Waals surface area contributed by atoms with Crippen molar-refractivity contribution >= 4 is 29.0 Å². The van der Waals surface area contributed by atoms with Crippen molar-refractivity contribution in [1.29, 1.82) is 0 Å². The van der Waals surface area contributed by atoms with E-state index in [0.29, 0.717) is 16.6 Å². The number of aromatic nitrogens is 3. The van der Waals surface area contributed by atoms with E-state index in [1.165, 1.54) is 13.4 Å². The minimum atomic E-state index is -0.763. The lowest BCUT2D eigenvalue weighted by Gasteiger charge is -2.10. The summed E-state index contributed by atoms with van der Waals surface area (Å²) in [4.78, 5) is 22.3. The van der Waals surface area contributed by atoms with E-state index in [0.717, 1.165) is 30.0 Å². The molecule has 0 saturated heterocycles. The number of anilines is 1. The summed E-state index contributed by atoms with van der Waals surface area (Å²) in [7, 11) is 1.54. The summed E-state index contributed by atoms with van der Waals surface area (Å²) in [5.41, 5.74) is 0.119. The van der Waals surface area contributed by atoms with Gasteiger partial charge >= 0.3 is 0 Å². The van der Waals surface area contributed by atoms with Crippen molar-refractivity contribution in [3.05, 3.63) is 64.7 Å². The van der Waals surface area contributed by atoms with Crippen LogP contribution in [0.2, 0.25) is 0 Å². The Morgan fingerprint density at radius 1 is 1.36 bits per heavy atom. The molecule has 0 bridgehead atoms. The van der Waals surface area contributed by atoms with Gasteiger partial charge in [-0.25, -0.2) is 4.39 Å². The Morgan fingerprint density at radius 2 is 2.14 bits per heavy atom. The number of carbonyl (C=O) groups is 1. The number of nitro groups is 1. The molecule has 3 aromatic rings. The number of thioether (sulfide) groups is 1. The van der Waals surface area contributed by atoms with Crippen molar-refractivity contribution in [2.24, 2.45) is 0 Å². The number of methoxy groups -OCH3 is 1. The van der Waals surface area contributed by atoms with Gasteiger partial charge in [-0.05, 0) is 18.2 Å². The summed E-state index contributed by atoms with van der Waals surface area (Å²) in [6.45, 7) is 0. The molecular weight excluding hydrogens is 389 g/mol. The number of hydrogen-bond donors (Lipinski definition) is 1. The molecule has 0 aliphatic heterocycles. The third-order valence-corrected chi connectivity index (χ3v) is 4.57. The maximum atomic E-state index is 13.8. The summed E-state index contributed by atoms with van der Waals surface area (Å²) in [6.07, 6.45) is 1.48. The Balaban J connectivity index is 1.71. The minimum absolute atomic E-state index is 0.101. The molecule has 3 rings (SSSR count). The zero-order valence-electron chi connectivity index (χ0n) is 14.5. The van der Waals surface area contributed by atoms with Gasteiger partial charge in [-0.1, -0.05) is 23.9 Å². The van der Waals surface area contributed by atoms with E-state index in [1.54, 1.807) is 10.6 Å². The first-order valence-corrected chi connectivity index (χ1v) is 8.88. The second-order valence-electron chi connectivity index (χ2n) is 5.41. The number of carbonyl (C=O) groups excluding carboxylic acids is 1. The highest BCUT2D eigenvalue weighted by molar-refractivity contribution is 7.99. The van der Waals surface area contributed by atoms with Crippen molar-refractivity contribution in [1.82, 2.24) is 14.8 Å². The van der Waals surface area contributed by atoms with E-state index in [1.807, 2.05) is 18.2 Å². The molecule has 1 heterocycles. The van der Waals surface area contributed by atoms with Gasteiger partial charge in [0.25, 0.3) is 5.69 Å². The first kappa shape index (κ1) is 19.3. The predicted octanol–water partition coefficient (Wildman–Crippen LogP) is 3.05. The predicted molar refractivity (Wildman–Crippen MR) is 100 cm³/mol. The Hall–Kier alpha value is -3.47. The number of ether oxygens (including phenoxy) is 1. The summed E-state index contributed by atoms with van der Waals surface area (Å²) in [5, 5.41) is 21.4. The van der Waals surface area contributed by atoms with Crippen molar-refractivity contribution in [3.8, 4) is 11.4 Å². The second kappa shape index (κ2) is 8.48. The van der Waals surface area contributed by atoms with Crippen LogP contribution in [0.25, 0.3) is 5.69 Å². The van der Waals surface area contributed by atoms with Crippen LogP contribution in [0.15, 0.2) is 53.9 Å². The summed E-state index contributed by atoms with van der Waals surface area (Å²) in [6, 6.07) is 10.2. The van der Waals surface area contributed by atoms with Gasteiger partial charge in [0.15, 0.2) is 5.16 Å². The van der Waals surface area contributed by atoms with Crippen LogP contribution in [0.5, 0.6) is 5.75 Å². The van der Waals surface area contributed by atoms with E-state index in [9.17, 15) is 19.3 Å². The zero-order chi connectivity index (χ0) is 20.1. The molecule has 0 radical (unpaired) electrons. The monoisotopic (exact) mass is 403 g/mol. The van der Waals surface area contributed by atoms with Gasteiger partial charge in [0.1, 0.15) is 17.9 Å². The van der Waals surface area contributed by atoms with Crippen LogP contribution in [0, 0.1) is 15.9 Å². The fourth-order valence-corrected chi connectivity index (χ4v) is 3.08. The molecule has 28 heavy (non-hydrogen) atoms. The fraction of sp³-hybridized carbons (Fsp3) is 0.118. The van der Waals surface area contributed by atoms with Crippen LogP contribution < -0.4 is 10.1 Å². The number of halogens is 1. The quantitative estimate of drug-likeness (QED) is 0.366. The maximum absolute atomic E-state index is 13.8. The average Bonchev–Trinajstić information content (AvgIpc) is 3.16. The summed E-state index contributed by atoms with van der Waals surface area (Å²) < 4.78 is 20.8. The van der Waals surface area contributed by atoms with Gasteiger partial charge in [-0.2, -0.15) is 0 Å². The Bertz CT molecular complexity index is 1030. The summed E-state index contributed by atoms with van der Waals surface area (Å²) in [5.74, 6) is -0.803. The van der Waals surface area contributed by atoms with E-state index < -0.39 is 16.6 Å². The standard InChI is InChI=1S/C17H14FN5O4S/c1-27-15-5-3-2-4-14(15)22-10-19-21-17(22)28-9-16(24)20-13-8-11(23(25)26)6-7-12(13)18/h2-8,10H,9H2,1H3,(H,20,24). The first-order valence-electron chi connectivity index (χ1n) is 7.89. The largest absolute Gasteiger partial charge is 0.495 e. The molecule has 0 aliphatic carbocycles. The number of nitrogens with one attached hydrogen (secondary N) is 1. The molecule has 144 valence electrons. The normalized spacial score (nSPS) is 10.5. The van der Waals surface area contributed by atoms with Crippen LogP contribution in [0.3, 0.4) is 0 Å². The Labute approximate surface area is 162 Å². The van der Waals surface area contributed by atoms with Crippen molar-refractivity contribution in [2.45, 2.75) is 5.16 Å². The van der Waals surface area contributed by atoms with Gasteiger partial charge in [0.05, 0.1) is 29.2 Å². The highest BCUT2D eigenvalue weighted by atomic mass is 32.2. The third kappa shape index (κ3) is 4.26. The van der Waals surface area contributed by atoms with E-state index in [-0.39, 0.29) is 17.1 Å². The Kier molecular flexibility index (Phi) is 5.84. The van der Waals surface area contributed by atoms with Gasteiger partial charge in [0.2, 0.25) is 5.91 Å². The molecule has 1 aromatic heterocycles. The molecule has 0 saturated carbocycles. The molecule has 9 nitrogen and oxygen atoms in total. The molecule has 11 heteroatoms. The Morgan fingerprint density at radius 3 is 2.89 bits per heavy atom. The van der Waals surface area contributed by atoms with Crippen molar-refractivity contribution in [3.63, 3.8) is 0 Å². The number of rotatable bonds is 7. The smallest absolute Gasteiger partial charge is 0.271 e. The van der Waals surface area contributed by atoms with Crippen LogP contribution in [-0.2, 0) is 4.79 Å². The van der Waals surface area contributed by atoms with Crippen molar-refractivity contribution < 1.29 is 18.8 Å². The molecule has 0 fully saturated rings. The van der Waals surface area contributed by atoms with E-state index in [2.05, 4.69) is 15.5 Å². The fourth-order valence-electron chi connectivity index (χ4n) is 2.36. The van der Waals surface area contributed by atoms with Crippen LogP contribution >= 0.6 is 11.8 Å². The lowest BCUT2D eigenvalue weighted by Crippen LogP contribution is -2.15. The lowest BCUT2D eigenvalue weighted by atomic mass is 10.2. The summed E-state index contributed by atoms with van der Waals surface area (Å²) >= 11 is 1.08. The molecule has 1 amide bonds. The van der Waals surface area contributed by atoms with Gasteiger partial charge in [-0.3, -0.25) is 19.5 Å². The second-order valence-corrected chi connectivity index (χ2v) is 6.36. The first-order chi connectivity index (χ1) is 13.5. The zero-order valence-corrected chi connectivity index (χ0v) is 15.4. The number of non-ortho nitro benzene ring substituents is 1. The molecular formula is C17H14FN5O4S. The van der Waals surface area contributed by atoms with Gasteiger partial charge < -0.3 is 10.1 Å². The number of nitro benzene ring substituents is 1. The lowest BCUT2D eigenvalue weighted by molar-refractivity contribution is -0.384. The molecule has 0 spiro atoms. The minimum Gasteiger partial charge on any atom is -0.495 e. The number of nitrogens with zero attached hydrogens (tertiary/aromatic N) is 4. The SMILES string of the molecule is COc1ccccc1-n1cnnc1SCC(=O)Nc1cc([N+](=O)[O-])ccc1F. The van der Waals surface area contributed by atoms with Crippen LogP contribution in [-0.4, -0.2) is 38.5 Å². The number of amides is 1. The maximum Gasteiger partial charge on any atom is 0.271 e. The molecule has 0 aliphatic rings. The molecule has 2 aromatic carbocycles. The molecule has 0 unspecified atom stereocenters. The van der Waals surface area contributed by atoms with Gasteiger partial charge in [0, 0.05) is 12.1 Å². The number of para-hydroxylation sites is 2. The molecule has 0 atom stereocenters. The molecule has 1 N–H and O–H groups in total. The van der Waals surface area contributed by atoms with Crippen molar-refractivity contribution in [2.75, 3.05) is 18.2 Å². The van der Waals surface area contributed by atoms with Gasteiger partial charge in [-0.15, -0.1) is 10.2 Å². The number of hydrogen-bond acceptors (Lipinski definition) is 7. The van der Waals surface area contributed by atoms with E-state index in [4.69, 9.17) is 4.74 Å². The van der Waals surface area contributed by atoms with Crippen LogP contribution in [0.1, 0.15) is 0 Å². The average molecular weight is 403 g/mol.